The van der Waals surface area contributed by atoms with Gasteiger partial charge in [0.05, 0.1) is 76.5 Å². The van der Waals surface area contributed by atoms with Crippen LogP contribution in [0.4, 0.5) is 0 Å². The molecule has 0 spiro atoms. The average molecular weight is 1840 g/mol. The third kappa shape index (κ3) is 22.8. The van der Waals surface area contributed by atoms with E-state index in [-0.39, 0.29) is 56.7 Å². The lowest BCUT2D eigenvalue weighted by atomic mass is 9.93. The van der Waals surface area contributed by atoms with Crippen LogP contribution in [0.25, 0.3) is 0 Å². The number of ether oxygens (including phenoxy) is 24. The van der Waals surface area contributed by atoms with Crippen molar-refractivity contribution in [3.63, 3.8) is 0 Å². The van der Waals surface area contributed by atoms with Crippen molar-refractivity contribution in [1.82, 2.24) is 0 Å². The van der Waals surface area contributed by atoms with Crippen LogP contribution >= 0.6 is 0 Å². The highest BCUT2D eigenvalue weighted by molar-refractivity contribution is 5.94. The number of carbonyl (C=O) groups is 10. The van der Waals surface area contributed by atoms with Crippen molar-refractivity contribution >= 4 is 59.7 Å². The van der Waals surface area contributed by atoms with Crippen LogP contribution in [-0.2, 0) is 118 Å². The van der Waals surface area contributed by atoms with Gasteiger partial charge in [-0.25, -0.2) is 43.2 Å². The SMILES string of the molecule is CO[C@H]1O[C@@H]2COC(C)(C)O[C@H]2[C@H](O[C@H]2O[C@@H]3COC(C)(C)O[C@H]3[C@H](O[C@H]3O[C@H](COC(=O)c4ccccc4)[C@@H](OC(=O)c4ccccc4)[C@H](OC(=O)c4ccccc4)[C@@H]3OC(C)=O)[C@@H]2O[C@@H]2OC[C@@H](OC(=O)c3ccccc3)[C@H](OC(=O)c3ccccc3)[C@H]2OC(=O)c2ccccc2)[C@@H]1O[C@@H]1OC[C@@H](OC(=O)c2ccccc2)[C@H](OC(=O)c2ccccc2)[C@H]1OC(=O)c1ccccc1. The van der Waals surface area contributed by atoms with Gasteiger partial charge in [0.25, 0.3) is 0 Å². The van der Waals surface area contributed by atoms with Crippen molar-refractivity contribution in [2.45, 2.75) is 188 Å². The van der Waals surface area contributed by atoms with Gasteiger partial charge in [-0.05, 0) is 137 Å². The van der Waals surface area contributed by atoms with Crippen LogP contribution < -0.4 is 0 Å². The summed E-state index contributed by atoms with van der Waals surface area (Å²) < 4.78 is 161. The molecule has 0 aromatic heterocycles. The Kier molecular flexibility index (Phi) is 30.3. The second-order valence-corrected chi connectivity index (χ2v) is 32.8. The molecule has 0 N–H and O–H groups in total. The number of esters is 10. The number of benzene rings is 9. The number of carbonyl (C=O) groups excluding carboxylic acids is 10. The monoisotopic (exact) mass is 1840 g/mol. The van der Waals surface area contributed by atoms with Crippen molar-refractivity contribution in [3.8, 4) is 0 Å². The molecule has 9 aromatic carbocycles. The van der Waals surface area contributed by atoms with Crippen LogP contribution in [-0.4, -0.2) is 253 Å². The van der Waals surface area contributed by atoms with Gasteiger partial charge in [0.2, 0.25) is 0 Å². The predicted octanol–water partition coefficient (Wildman–Crippen LogP) is 11.0. The van der Waals surface area contributed by atoms with Crippen molar-refractivity contribution in [1.29, 1.82) is 0 Å². The summed E-state index contributed by atoms with van der Waals surface area (Å²) in [5.41, 5.74) is 0.0449. The lowest BCUT2D eigenvalue weighted by molar-refractivity contribution is -0.445. The van der Waals surface area contributed by atoms with Crippen LogP contribution in [0.5, 0.6) is 0 Å². The molecular formula is C100H96O34. The Labute approximate surface area is 768 Å². The first-order chi connectivity index (χ1) is 64.9. The number of hydrogen-bond donors (Lipinski definition) is 0. The summed E-state index contributed by atoms with van der Waals surface area (Å²) in [4.78, 5) is 148. The molecule has 9 aromatic rings. The Hall–Kier alpha value is -12.9. The fourth-order valence-corrected chi connectivity index (χ4v) is 16.3. The van der Waals surface area contributed by atoms with Crippen LogP contribution in [0, 0.1) is 0 Å². The normalized spacial score (nSPS) is 29.0. The Morgan fingerprint density at radius 3 is 0.858 bits per heavy atom. The second-order valence-electron chi connectivity index (χ2n) is 32.8. The Balaban J connectivity index is 0.868. The molecular weight excluding hydrogens is 1750 g/mol. The summed E-state index contributed by atoms with van der Waals surface area (Å²) in [7, 11) is 1.26. The van der Waals surface area contributed by atoms with Gasteiger partial charge in [0, 0.05) is 14.0 Å². The summed E-state index contributed by atoms with van der Waals surface area (Å²) in [6.07, 6.45) is -42.4. The third-order valence-electron chi connectivity index (χ3n) is 22.7. The summed E-state index contributed by atoms with van der Waals surface area (Å²) in [6.45, 7) is 4.43. The van der Waals surface area contributed by atoms with Crippen molar-refractivity contribution in [2.24, 2.45) is 0 Å². The molecule has 7 heterocycles. The zero-order chi connectivity index (χ0) is 93.6. The van der Waals surface area contributed by atoms with E-state index in [4.69, 9.17) is 114 Å². The van der Waals surface area contributed by atoms with E-state index < -0.39 is 239 Å². The third-order valence-corrected chi connectivity index (χ3v) is 22.7. The molecule has 0 amide bonds. The van der Waals surface area contributed by atoms with E-state index in [0.29, 0.717) is 0 Å². The van der Waals surface area contributed by atoms with Gasteiger partial charge in [-0.1, -0.05) is 164 Å². The maximum Gasteiger partial charge on any atom is 0.338 e. The van der Waals surface area contributed by atoms with E-state index in [1.807, 2.05) is 0 Å². The largest absolute Gasteiger partial charge is 0.459 e. The van der Waals surface area contributed by atoms with Gasteiger partial charge < -0.3 is 114 Å². The highest BCUT2D eigenvalue weighted by atomic mass is 16.8. The minimum absolute atomic E-state index is 0.00617. The lowest BCUT2D eigenvalue weighted by Gasteiger charge is -2.55. The van der Waals surface area contributed by atoms with E-state index >= 15 is 14.4 Å². The fourth-order valence-electron chi connectivity index (χ4n) is 16.3. The molecule has 34 nitrogen and oxygen atoms in total. The van der Waals surface area contributed by atoms with Crippen molar-refractivity contribution in [2.75, 3.05) is 40.1 Å². The molecule has 23 atom stereocenters. The molecule has 700 valence electrons. The summed E-state index contributed by atoms with van der Waals surface area (Å²) >= 11 is 0. The highest BCUT2D eigenvalue weighted by Crippen LogP contribution is 2.45. The maximum absolute atomic E-state index is 15.3. The second kappa shape index (κ2) is 43.0. The molecule has 7 fully saturated rings. The van der Waals surface area contributed by atoms with Crippen molar-refractivity contribution < 1.29 is 162 Å². The Bertz CT molecular complexity index is 5500. The standard InChI is InChI=1S/C100H96O34/c1-57(101)117-83-77(126-91(108)64-46-28-13-29-47-64)72(123-88(105)61-40-22-10-23-41-61)69(52-112-85(102)58-34-16-7-17-35-58)121-97(83)130-79-76-71(56-116-100(4,5)134-76)122-98(84(79)132-96-81(128-93(110)66-50-32-15-33-51-66)74(125-90(107)63-44-26-12-27-45-63)68(54-114-96)119-87(104)60-38-20-9-21-39-60)129-78-75-70(55-115-99(2,3)133-75)120-94(111-6)82(78)131-95-80(127-92(109)65-48-30-14-31-49-65)73(124-89(106)62-42-24-11-25-43-62)67(53-113-95)118-86(103)59-36-18-8-19-37-59/h7-51,67-84,94-98H,52-56H2,1-6H3/t67-,68-,69-,70-,71-,72-,73+,74+,75-,76-,77+,78+,79+,80-,81-,82+,83+,84+,94+,95+,96+,97-,98-/m1/s1. The van der Waals surface area contributed by atoms with Gasteiger partial charge >= 0.3 is 59.7 Å². The molecule has 0 bridgehead atoms. The van der Waals surface area contributed by atoms with E-state index in [2.05, 4.69) is 0 Å². The summed E-state index contributed by atoms with van der Waals surface area (Å²) in [6, 6.07) is 69.5. The number of methoxy groups -OCH3 is 1. The minimum Gasteiger partial charge on any atom is -0.459 e. The molecule has 34 heteroatoms. The minimum atomic E-state index is -2.20. The van der Waals surface area contributed by atoms with Crippen LogP contribution in [0.3, 0.4) is 0 Å². The van der Waals surface area contributed by atoms with E-state index in [1.165, 1.54) is 116 Å². The first kappa shape index (κ1) is 94.3. The zero-order valence-corrected chi connectivity index (χ0v) is 73.2. The molecule has 7 saturated heterocycles. The highest BCUT2D eigenvalue weighted by Gasteiger charge is 2.64. The molecule has 7 aliphatic rings. The van der Waals surface area contributed by atoms with Gasteiger partial charge in [0.1, 0.15) is 61.5 Å². The molecule has 134 heavy (non-hydrogen) atoms. The zero-order valence-electron chi connectivity index (χ0n) is 73.2. The van der Waals surface area contributed by atoms with Crippen LogP contribution in [0.2, 0.25) is 0 Å². The average Bonchev–Trinajstić information content (AvgIpc) is 0.738. The van der Waals surface area contributed by atoms with Gasteiger partial charge in [-0.2, -0.15) is 0 Å². The van der Waals surface area contributed by atoms with E-state index in [0.717, 1.165) is 6.92 Å². The molecule has 0 saturated carbocycles. The van der Waals surface area contributed by atoms with Gasteiger partial charge in [-0.3, -0.25) is 4.79 Å². The van der Waals surface area contributed by atoms with E-state index in [1.54, 1.807) is 191 Å². The Morgan fingerprint density at radius 2 is 0.537 bits per heavy atom. The summed E-state index contributed by atoms with van der Waals surface area (Å²) in [5.74, 6) is -13.2. The quantitative estimate of drug-likeness (QED) is 0.0310. The summed E-state index contributed by atoms with van der Waals surface area (Å²) in [5, 5.41) is 0. The molecule has 0 radical (unpaired) electrons. The fraction of sp³-hybridized carbons (Fsp3) is 0.360. The predicted molar refractivity (Wildman–Crippen MR) is 459 cm³/mol. The molecule has 7 aliphatic heterocycles. The van der Waals surface area contributed by atoms with Gasteiger partial charge in [0.15, 0.2) is 98.0 Å². The van der Waals surface area contributed by atoms with E-state index in [9.17, 15) is 33.6 Å². The molecule has 0 aliphatic carbocycles. The first-order valence-corrected chi connectivity index (χ1v) is 43.3. The Morgan fingerprint density at radius 1 is 0.276 bits per heavy atom. The van der Waals surface area contributed by atoms with Crippen LogP contribution in [0.15, 0.2) is 273 Å². The number of rotatable bonds is 29. The topological polar surface area (TPSA) is 392 Å². The first-order valence-electron chi connectivity index (χ1n) is 43.3. The number of fused-ring (bicyclic) bond motifs is 2. The number of hydrogen-bond acceptors (Lipinski definition) is 34. The van der Waals surface area contributed by atoms with Crippen molar-refractivity contribution in [3.05, 3.63) is 323 Å². The van der Waals surface area contributed by atoms with Crippen LogP contribution in [0.1, 0.15) is 128 Å². The van der Waals surface area contributed by atoms with Gasteiger partial charge in [-0.15, -0.1) is 0 Å². The molecule has 16 rings (SSSR count). The smallest absolute Gasteiger partial charge is 0.338 e. The molecule has 0 unspecified atom stereocenters. The maximum atomic E-state index is 15.3. The lowest BCUT2D eigenvalue weighted by Crippen LogP contribution is -2.72.